The van der Waals surface area contributed by atoms with Gasteiger partial charge in [-0.1, -0.05) is 43.2 Å². The Labute approximate surface area is 127 Å². The molecule has 21 heavy (non-hydrogen) atoms. The fourth-order valence-corrected chi connectivity index (χ4v) is 3.05. The van der Waals surface area contributed by atoms with E-state index in [9.17, 15) is 4.79 Å². The minimum Gasteiger partial charge on any atom is -0.383 e. The van der Waals surface area contributed by atoms with Crippen molar-refractivity contribution in [2.24, 2.45) is 5.73 Å². The first-order valence-electron chi connectivity index (χ1n) is 7.81. The minimum absolute atomic E-state index is 0.0275. The number of rotatable bonds is 7. The molecule has 0 radical (unpaired) electrons. The Morgan fingerprint density at radius 2 is 2.00 bits per heavy atom. The number of carbonyl (C=O) groups is 1. The topological polar surface area (TPSA) is 55.6 Å². The van der Waals surface area contributed by atoms with Crippen LogP contribution in [0.3, 0.4) is 0 Å². The summed E-state index contributed by atoms with van der Waals surface area (Å²) in [6, 6.07) is 10.1. The Bertz CT molecular complexity index is 430. The van der Waals surface area contributed by atoms with Crippen molar-refractivity contribution in [1.29, 1.82) is 0 Å². The summed E-state index contributed by atoms with van der Waals surface area (Å²) in [7, 11) is 1.58. The molecule has 0 heterocycles. The summed E-state index contributed by atoms with van der Waals surface area (Å²) in [5.41, 5.74) is 7.21. The van der Waals surface area contributed by atoms with Crippen molar-refractivity contribution >= 4 is 5.91 Å². The van der Waals surface area contributed by atoms with E-state index < -0.39 is 6.04 Å². The maximum Gasteiger partial charge on any atom is 0.242 e. The Morgan fingerprint density at radius 1 is 1.33 bits per heavy atom. The highest BCUT2D eigenvalue weighted by Crippen LogP contribution is 2.24. The molecule has 4 heteroatoms. The van der Waals surface area contributed by atoms with Crippen molar-refractivity contribution in [2.45, 2.75) is 44.2 Å². The van der Waals surface area contributed by atoms with Gasteiger partial charge in [-0.3, -0.25) is 4.79 Å². The first-order chi connectivity index (χ1) is 10.2. The molecular weight excluding hydrogens is 264 g/mol. The lowest BCUT2D eigenvalue weighted by atomic mass is 10.1. The van der Waals surface area contributed by atoms with Gasteiger partial charge in [0.05, 0.1) is 6.61 Å². The van der Waals surface area contributed by atoms with Gasteiger partial charge in [-0.05, 0) is 24.8 Å². The van der Waals surface area contributed by atoms with E-state index >= 15 is 0 Å². The predicted octanol–water partition coefficient (Wildman–Crippen LogP) is 1.97. The molecule has 0 bridgehead atoms. The molecule has 1 amide bonds. The second-order valence-electron chi connectivity index (χ2n) is 5.77. The monoisotopic (exact) mass is 290 g/mol. The van der Waals surface area contributed by atoms with Gasteiger partial charge in [0.25, 0.3) is 0 Å². The molecule has 0 aliphatic heterocycles. The number of hydrogen-bond acceptors (Lipinski definition) is 3. The molecule has 1 aromatic carbocycles. The number of benzene rings is 1. The van der Waals surface area contributed by atoms with E-state index in [-0.39, 0.29) is 12.5 Å². The molecule has 1 atom stereocenters. The van der Waals surface area contributed by atoms with E-state index in [1.165, 1.54) is 18.4 Å². The van der Waals surface area contributed by atoms with Crippen LogP contribution >= 0.6 is 0 Å². The molecule has 1 aliphatic carbocycles. The number of nitrogens with two attached hydrogens (primary N) is 1. The Balaban J connectivity index is 1.99. The van der Waals surface area contributed by atoms with E-state index in [1.807, 2.05) is 23.1 Å². The maximum atomic E-state index is 12.6. The largest absolute Gasteiger partial charge is 0.383 e. The second-order valence-corrected chi connectivity index (χ2v) is 5.77. The standard InChI is InChI=1S/C17H26N2O2/c1-21-13-16(18)17(20)19(15-9-5-6-10-15)12-11-14-7-3-2-4-8-14/h2-4,7-8,15-16H,5-6,9-13,18H2,1H3. The summed E-state index contributed by atoms with van der Waals surface area (Å²) >= 11 is 0. The normalized spacial score (nSPS) is 16.9. The van der Waals surface area contributed by atoms with Gasteiger partial charge in [-0.2, -0.15) is 0 Å². The summed E-state index contributed by atoms with van der Waals surface area (Å²) in [4.78, 5) is 14.6. The van der Waals surface area contributed by atoms with Gasteiger partial charge in [0.2, 0.25) is 5.91 Å². The van der Waals surface area contributed by atoms with Gasteiger partial charge in [0, 0.05) is 19.7 Å². The fraction of sp³-hybridized carbons (Fsp3) is 0.588. The number of carbonyl (C=O) groups excluding carboxylic acids is 1. The first-order valence-corrected chi connectivity index (χ1v) is 7.81. The van der Waals surface area contributed by atoms with E-state index in [0.717, 1.165) is 25.8 Å². The summed E-state index contributed by atoms with van der Waals surface area (Å²) in [6.45, 7) is 1.03. The van der Waals surface area contributed by atoms with Crippen LogP contribution < -0.4 is 5.73 Å². The average Bonchev–Trinajstić information content (AvgIpc) is 3.03. The van der Waals surface area contributed by atoms with Crippen LogP contribution in [0, 0.1) is 0 Å². The second kappa shape index (κ2) is 8.15. The van der Waals surface area contributed by atoms with E-state index in [4.69, 9.17) is 10.5 Å². The summed E-state index contributed by atoms with van der Waals surface area (Å²) in [5, 5.41) is 0. The summed E-state index contributed by atoms with van der Waals surface area (Å²) in [5.74, 6) is 0.0275. The minimum atomic E-state index is -0.550. The van der Waals surface area contributed by atoms with Crippen LogP contribution in [0.5, 0.6) is 0 Å². The molecule has 1 fully saturated rings. The number of amides is 1. The lowest BCUT2D eigenvalue weighted by Gasteiger charge is -2.31. The highest BCUT2D eigenvalue weighted by Gasteiger charge is 2.29. The van der Waals surface area contributed by atoms with Crippen molar-refractivity contribution in [2.75, 3.05) is 20.3 Å². The Hall–Kier alpha value is -1.39. The zero-order valence-electron chi connectivity index (χ0n) is 12.8. The van der Waals surface area contributed by atoms with Crippen LogP contribution in [-0.2, 0) is 16.0 Å². The summed E-state index contributed by atoms with van der Waals surface area (Å²) < 4.78 is 5.03. The van der Waals surface area contributed by atoms with Gasteiger partial charge >= 0.3 is 0 Å². The predicted molar refractivity (Wildman–Crippen MR) is 84.0 cm³/mol. The van der Waals surface area contributed by atoms with Crippen LogP contribution in [0.1, 0.15) is 31.2 Å². The van der Waals surface area contributed by atoms with Crippen LogP contribution in [0.25, 0.3) is 0 Å². The molecule has 2 rings (SSSR count). The highest BCUT2D eigenvalue weighted by molar-refractivity contribution is 5.82. The third kappa shape index (κ3) is 4.55. The molecule has 1 aliphatic rings. The van der Waals surface area contributed by atoms with Crippen molar-refractivity contribution in [3.05, 3.63) is 35.9 Å². The third-order valence-electron chi connectivity index (χ3n) is 4.20. The van der Waals surface area contributed by atoms with Crippen molar-refractivity contribution in [3.8, 4) is 0 Å². The van der Waals surface area contributed by atoms with Gasteiger partial charge in [0.15, 0.2) is 0 Å². The lowest BCUT2D eigenvalue weighted by Crippen LogP contribution is -2.50. The fourth-order valence-electron chi connectivity index (χ4n) is 3.05. The SMILES string of the molecule is COCC(N)C(=O)N(CCc1ccccc1)C1CCCC1. The molecule has 0 aromatic heterocycles. The highest BCUT2D eigenvalue weighted by atomic mass is 16.5. The van der Waals surface area contributed by atoms with E-state index in [0.29, 0.717) is 6.04 Å². The van der Waals surface area contributed by atoms with Crippen LogP contribution in [0.4, 0.5) is 0 Å². The van der Waals surface area contributed by atoms with Gasteiger partial charge in [0.1, 0.15) is 6.04 Å². The molecule has 4 nitrogen and oxygen atoms in total. The number of methoxy groups -OCH3 is 1. The van der Waals surface area contributed by atoms with Gasteiger partial charge in [-0.15, -0.1) is 0 Å². The third-order valence-corrected chi connectivity index (χ3v) is 4.20. The molecule has 1 aromatic rings. The van der Waals surface area contributed by atoms with Crippen molar-refractivity contribution < 1.29 is 9.53 Å². The Kier molecular flexibility index (Phi) is 6.21. The van der Waals surface area contributed by atoms with Gasteiger partial charge in [-0.25, -0.2) is 0 Å². The number of nitrogens with zero attached hydrogens (tertiary/aromatic N) is 1. The maximum absolute atomic E-state index is 12.6. The van der Waals surface area contributed by atoms with Crippen LogP contribution in [-0.4, -0.2) is 43.2 Å². The Morgan fingerprint density at radius 3 is 2.62 bits per heavy atom. The molecular formula is C17H26N2O2. The molecule has 1 saturated carbocycles. The molecule has 116 valence electrons. The summed E-state index contributed by atoms with van der Waals surface area (Å²) in [6.07, 6.45) is 5.49. The molecule has 2 N–H and O–H groups in total. The van der Waals surface area contributed by atoms with Crippen molar-refractivity contribution in [3.63, 3.8) is 0 Å². The molecule has 0 spiro atoms. The number of hydrogen-bond donors (Lipinski definition) is 1. The van der Waals surface area contributed by atoms with Crippen LogP contribution in [0.15, 0.2) is 30.3 Å². The zero-order valence-corrected chi connectivity index (χ0v) is 12.8. The molecule has 1 unspecified atom stereocenters. The van der Waals surface area contributed by atoms with Crippen molar-refractivity contribution in [1.82, 2.24) is 4.90 Å². The number of ether oxygens (including phenoxy) is 1. The van der Waals surface area contributed by atoms with Gasteiger partial charge < -0.3 is 15.4 Å². The first kappa shape index (κ1) is 16.0. The molecule has 0 saturated heterocycles. The van der Waals surface area contributed by atoms with Crippen LogP contribution in [0.2, 0.25) is 0 Å². The average molecular weight is 290 g/mol. The smallest absolute Gasteiger partial charge is 0.242 e. The quantitative estimate of drug-likeness (QED) is 0.835. The zero-order chi connectivity index (χ0) is 15.1. The van der Waals surface area contributed by atoms with E-state index in [2.05, 4.69) is 12.1 Å². The lowest BCUT2D eigenvalue weighted by molar-refractivity contribution is -0.136. The van der Waals surface area contributed by atoms with E-state index in [1.54, 1.807) is 7.11 Å².